The van der Waals surface area contributed by atoms with Crippen molar-refractivity contribution in [2.75, 3.05) is 13.6 Å². The van der Waals surface area contributed by atoms with Crippen molar-refractivity contribution in [3.63, 3.8) is 0 Å². The Balaban J connectivity index is 5.44. The molecule has 0 aliphatic rings. The van der Waals surface area contributed by atoms with Crippen LogP contribution in [-0.4, -0.2) is 29.6 Å². The lowest BCUT2D eigenvalue weighted by atomic mass is 9.82. The summed E-state index contributed by atoms with van der Waals surface area (Å²) in [5.41, 5.74) is 3.31. The molecule has 0 aliphatic heterocycles. The molecule has 0 aromatic rings. The second kappa shape index (κ2) is 8.36. The zero-order valence-electron chi connectivity index (χ0n) is 13.6. The van der Waals surface area contributed by atoms with Gasteiger partial charge in [0, 0.05) is 25.3 Å². The Morgan fingerprint density at radius 2 is 1.53 bits per heavy atom. The van der Waals surface area contributed by atoms with Gasteiger partial charge in [0.1, 0.15) is 5.54 Å². The predicted molar refractivity (Wildman–Crippen MR) is 82.5 cm³/mol. The van der Waals surface area contributed by atoms with Crippen molar-refractivity contribution in [1.29, 1.82) is 0 Å². The highest BCUT2D eigenvalue weighted by molar-refractivity contribution is 5.85. The van der Waals surface area contributed by atoms with Gasteiger partial charge in [-0.3, -0.25) is 4.79 Å². The highest BCUT2D eigenvalue weighted by atomic mass is 16.2. The number of carbonyl (C=O) groups is 1. The van der Waals surface area contributed by atoms with Crippen LogP contribution >= 0.6 is 0 Å². The third kappa shape index (κ3) is 4.34. The van der Waals surface area contributed by atoms with Crippen LogP contribution in [0.15, 0.2) is 12.7 Å². The van der Waals surface area contributed by atoms with Gasteiger partial charge in [0.15, 0.2) is 0 Å². The molecule has 0 radical (unpaired) electrons. The topological polar surface area (TPSA) is 29.1 Å². The molecule has 0 fully saturated rings. The number of carbonyl (C=O) groups excluding carboxylic acids is 1. The Kier molecular flexibility index (Phi) is 8.00. The van der Waals surface area contributed by atoms with Crippen LogP contribution in [-0.2, 0) is 4.79 Å². The molecule has 1 N–H and O–H groups in total. The first-order chi connectivity index (χ1) is 8.95. The monoisotopic (exact) mass is 269 g/mol. The zero-order valence-corrected chi connectivity index (χ0v) is 13.6. The van der Waals surface area contributed by atoms with Crippen molar-refractivity contribution in [2.24, 2.45) is 0 Å². The van der Waals surface area contributed by atoms with E-state index in [-0.39, 0.29) is 11.4 Å². The van der Waals surface area contributed by atoms with Gasteiger partial charge in [0.05, 0.1) is 13.6 Å². The van der Waals surface area contributed by atoms with Gasteiger partial charge in [-0.25, -0.2) is 4.59 Å². The summed E-state index contributed by atoms with van der Waals surface area (Å²) >= 11 is 0. The maximum Gasteiger partial charge on any atom is 0.288 e. The molecular weight excluding hydrogens is 236 g/mol. The molecule has 1 amide bonds. The Bertz CT molecular complexity index is 271. The summed E-state index contributed by atoms with van der Waals surface area (Å²) in [5, 5.41) is 0. The maximum atomic E-state index is 11.8. The Morgan fingerprint density at radius 1 is 1.11 bits per heavy atom. The molecule has 1 unspecified atom stereocenters. The highest BCUT2D eigenvalue weighted by Crippen LogP contribution is 2.35. The van der Waals surface area contributed by atoms with Crippen molar-refractivity contribution in [1.82, 2.24) is 5.43 Å². The molecule has 0 saturated heterocycles. The van der Waals surface area contributed by atoms with Crippen molar-refractivity contribution >= 4 is 5.91 Å². The number of nitrogens with zero attached hydrogens (tertiary/aromatic N) is 1. The number of hydrogen-bond acceptors (Lipinski definition) is 1. The maximum absolute atomic E-state index is 11.8. The molecule has 0 aromatic carbocycles. The lowest BCUT2D eigenvalue weighted by Crippen LogP contribution is -2.69. The standard InChI is InChI=1S/C16H32N2O/c1-7-12-16(13-8-2,14-9-3)18(6,11-5)17-15(19)10-4/h10H,4,7-9,11-14H2,1-3,5-6H3/p+1. The molecular formula is C16H33N2O+. The average molecular weight is 269 g/mol. The molecule has 0 aromatic heterocycles. The number of quaternary nitrogens is 1. The molecule has 0 aliphatic carbocycles. The van der Waals surface area contributed by atoms with E-state index < -0.39 is 0 Å². The second-order valence-electron chi connectivity index (χ2n) is 5.66. The predicted octanol–water partition coefficient (Wildman–Crippen LogP) is 3.81. The van der Waals surface area contributed by atoms with E-state index in [9.17, 15) is 4.79 Å². The normalized spacial score (nSPS) is 14.8. The largest absolute Gasteiger partial charge is 0.288 e. The highest BCUT2D eigenvalue weighted by Gasteiger charge is 2.46. The lowest BCUT2D eigenvalue weighted by molar-refractivity contribution is -0.991. The molecule has 0 bridgehead atoms. The van der Waals surface area contributed by atoms with Crippen LogP contribution in [0.3, 0.4) is 0 Å². The minimum Gasteiger partial charge on any atom is -0.265 e. The first-order valence-electron chi connectivity index (χ1n) is 7.75. The minimum absolute atomic E-state index is 0.0722. The van der Waals surface area contributed by atoms with Crippen LogP contribution in [0.4, 0.5) is 0 Å². The van der Waals surface area contributed by atoms with Crippen LogP contribution in [0, 0.1) is 0 Å². The fourth-order valence-corrected chi connectivity index (χ4v) is 3.33. The first-order valence-corrected chi connectivity index (χ1v) is 7.75. The van der Waals surface area contributed by atoms with Gasteiger partial charge in [-0.2, -0.15) is 5.43 Å². The van der Waals surface area contributed by atoms with E-state index >= 15 is 0 Å². The van der Waals surface area contributed by atoms with Crippen molar-refractivity contribution in [3.8, 4) is 0 Å². The zero-order chi connectivity index (χ0) is 14.9. The van der Waals surface area contributed by atoms with E-state index in [4.69, 9.17) is 0 Å². The van der Waals surface area contributed by atoms with Crippen molar-refractivity contribution in [2.45, 2.75) is 71.8 Å². The minimum atomic E-state index is -0.0722. The SMILES string of the molecule is C=CC(=O)N[N+](C)(CC)C(CCC)(CCC)CCC. The van der Waals surface area contributed by atoms with Crippen molar-refractivity contribution < 1.29 is 9.39 Å². The third-order valence-corrected chi connectivity index (χ3v) is 4.37. The lowest BCUT2D eigenvalue weighted by Gasteiger charge is -2.50. The van der Waals surface area contributed by atoms with E-state index in [0.717, 1.165) is 45.1 Å². The first kappa shape index (κ1) is 18.2. The quantitative estimate of drug-likeness (QED) is 0.365. The number of hydrogen-bond donors (Lipinski definition) is 1. The van der Waals surface area contributed by atoms with Gasteiger partial charge in [-0.05, 0) is 6.92 Å². The average Bonchev–Trinajstić information content (AvgIpc) is 2.39. The van der Waals surface area contributed by atoms with Crippen LogP contribution in [0.25, 0.3) is 0 Å². The summed E-state index contributed by atoms with van der Waals surface area (Å²) in [4.78, 5) is 11.8. The van der Waals surface area contributed by atoms with E-state index in [1.54, 1.807) is 0 Å². The van der Waals surface area contributed by atoms with Gasteiger partial charge in [-0.15, -0.1) is 0 Å². The number of rotatable bonds is 10. The third-order valence-electron chi connectivity index (χ3n) is 4.37. The molecule has 0 saturated carbocycles. The van der Waals surface area contributed by atoms with Crippen molar-refractivity contribution in [3.05, 3.63) is 12.7 Å². The van der Waals surface area contributed by atoms with Crippen LogP contribution in [0.1, 0.15) is 66.2 Å². The van der Waals surface area contributed by atoms with Gasteiger partial charge in [0.25, 0.3) is 5.91 Å². The van der Waals surface area contributed by atoms with Gasteiger partial charge in [0.2, 0.25) is 0 Å². The van der Waals surface area contributed by atoms with Gasteiger partial charge < -0.3 is 0 Å². The Morgan fingerprint density at radius 3 is 1.79 bits per heavy atom. The summed E-state index contributed by atoms with van der Waals surface area (Å²) < 4.78 is 0.618. The Labute approximate surface area is 119 Å². The Hall–Kier alpha value is -0.830. The second-order valence-corrected chi connectivity index (χ2v) is 5.66. The fraction of sp³-hybridized carbons (Fsp3) is 0.812. The van der Waals surface area contributed by atoms with Crippen LogP contribution in [0.5, 0.6) is 0 Å². The van der Waals surface area contributed by atoms with E-state index in [1.165, 1.54) is 6.08 Å². The summed E-state index contributed by atoms with van der Waals surface area (Å²) in [6.45, 7) is 13.3. The molecule has 1 atom stereocenters. The molecule has 3 heteroatoms. The fourth-order valence-electron chi connectivity index (χ4n) is 3.33. The van der Waals surface area contributed by atoms with E-state index in [2.05, 4.69) is 46.7 Å². The summed E-state index contributed by atoms with van der Waals surface area (Å²) in [7, 11) is 2.16. The smallest absolute Gasteiger partial charge is 0.265 e. The molecule has 0 spiro atoms. The summed E-state index contributed by atoms with van der Waals surface area (Å²) in [5.74, 6) is -0.0722. The molecule has 19 heavy (non-hydrogen) atoms. The van der Waals surface area contributed by atoms with Crippen LogP contribution < -0.4 is 5.43 Å². The van der Waals surface area contributed by atoms with Gasteiger partial charge in [-0.1, -0.05) is 46.6 Å². The van der Waals surface area contributed by atoms with E-state index in [0.29, 0.717) is 4.59 Å². The summed E-state index contributed by atoms with van der Waals surface area (Å²) in [6.07, 6.45) is 8.28. The molecule has 0 heterocycles. The van der Waals surface area contributed by atoms with Crippen LogP contribution in [0.2, 0.25) is 0 Å². The van der Waals surface area contributed by atoms with E-state index in [1.807, 2.05) is 0 Å². The molecule has 112 valence electrons. The molecule has 0 rings (SSSR count). The number of amides is 1. The molecule has 3 nitrogen and oxygen atoms in total. The summed E-state index contributed by atoms with van der Waals surface area (Å²) in [6, 6.07) is 0. The van der Waals surface area contributed by atoms with Gasteiger partial charge >= 0.3 is 0 Å². The number of nitrogens with one attached hydrogen (secondary N) is 1.